The summed E-state index contributed by atoms with van der Waals surface area (Å²) in [4.78, 5) is 75.1. The molecule has 6 N–H and O–H groups in total. The second-order valence-electron chi connectivity index (χ2n) is 14.5. The fourth-order valence-electron chi connectivity index (χ4n) is 7.30. The number of hydrogen-bond donors (Lipinski definition) is 4. The SMILES string of the molecule is CCc1nc(C)sc1C(=O)Nc1nc2cc(C(N)=O)cc(OCCCN3CCOCC3)c2n1C/C=C/Cn1c(NC(=O)c2sc(C)nc2CC)nc2cc(C(N)=O)cc(SC)c21. The first-order valence-electron chi connectivity index (χ1n) is 20.2. The van der Waals surface area contributed by atoms with E-state index < -0.39 is 11.8 Å². The number of nitrogens with two attached hydrogens (primary N) is 2. The molecule has 0 radical (unpaired) electrons. The van der Waals surface area contributed by atoms with E-state index in [2.05, 4.69) is 25.5 Å². The third-order valence-electron chi connectivity index (χ3n) is 10.3. The number of thiazole rings is 2. The van der Waals surface area contributed by atoms with Crippen molar-refractivity contribution in [3.8, 4) is 5.75 Å². The van der Waals surface area contributed by atoms with Gasteiger partial charge < -0.3 is 30.1 Å². The van der Waals surface area contributed by atoms with Gasteiger partial charge in [-0.25, -0.2) is 19.9 Å². The van der Waals surface area contributed by atoms with Gasteiger partial charge in [-0.3, -0.25) is 34.7 Å². The van der Waals surface area contributed by atoms with E-state index in [0.717, 1.165) is 41.0 Å². The highest BCUT2D eigenvalue weighted by Gasteiger charge is 2.24. The van der Waals surface area contributed by atoms with Gasteiger partial charge in [0.2, 0.25) is 23.7 Å². The maximum Gasteiger partial charge on any atom is 0.269 e. The number of aromatic nitrogens is 6. The van der Waals surface area contributed by atoms with Gasteiger partial charge in [-0.05, 0) is 63.6 Å². The number of carbonyl (C=O) groups is 4. The largest absolute Gasteiger partial charge is 0.491 e. The Morgan fingerprint density at radius 3 is 1.82 bits per heavy atom. The molecule has 17 nitrogen and oxygen atoms in total. The van der Waals surface area contributed by atoms with Crippen molar-refractivity contribution in [2.75, 3.05) is 56.3 Å². The van der Waals surface area contributed by atoms with Crippen LogP contribution in [-0.2, 0) is 30.7 Å². The Morgan fingerprint density at radius 2 is 1.31 bits per heavy atom. The van der Waals surface area contributed by atoms with Crippen LogP contribution in [0.2, 0.25) is 0 Å². The molecule has 20 heteroatoms. The van der Waals surface area contributed by atoms with Gasteiger partial charge in [-0.15, -0.1) is 34.4 Å². The average molecular weight is 900 g/mol. The smallest absolute Gasteiger partial charge is 0.269 e. The molecule has 0 bridgehead atoms. The minimum absolute atomic E-state index is 0.212. The van der Waals surface area contributed by atoms with Gasteiger partial charge in [0, 0.05) is 48.7 Å². The Kier molecular flexibility index (Phi) is 14.0. The number of carbonyl (C=O) groups excluding carboxylic acids is 4. The van der Waals surface area contributed by atoms with Crippen molar-refractivity contribution in [2.45, 2.75) is 64.9 Å². The van der Waals surface area contributed by atoms with E-state index in [1.807, 2.05) is 55.2 Å². The lowest BCUT2D eigenvalue weighted by Crippen LogP contribution is -2.37. The number of nitrogens with one attached hydrogen (secondary N) is 2. The Morgan fingerprint density at radius 1 is 0.790 bits per heavy atom. The highest BCUT2D eigenvalue weighted by atomic mass is 32.2. The van der Waals surface area contributed by atoms with Gasteiger partial charge in [-0.2, -0.15) is 0 Å². The molecule has 1 fully saturated rings. The average Bonchev–Trinajstić information content (AvgIpc) is 4.03. The maximum absolute atomic E-state index is 13.9. The highest BCUT2D eigenvalue weighted by Crippen LogP contribution is 2.34. The molecule has 1 saturated heterocycles. The lowest BCUT2D eigenvalue weighted by molar-refractivity contribution is 0.0358. The van der Waals surface area contributed by atoms with E-state index in [0.29, 0.717) is 87.2 Å². The van der Waals surface area contributed by atoms with Crippen LogP contribution in [0.15, 0.2) is 41.3 Å². The van der Waals surface area contributed by atoms with E-state index >= 15 is 0 Å². The molecule has 62 heavy (non-hydrogen) atoms. The first-order chi connectivity index (χ1) is 29.9. The molecule has 1 aliphatic heterocycles. The van der Waals surface area contributed by atoms with E-state index in [1.165, 1.54) is 34.4 Å². The molecular weight excluding hydrogens is 851 g/mol. The summed E-state index contributed by atoms with van der Waals surface area (Å²) in [5, 5.41) is 7.56. The van der Waals surface area contributed by atoms with Crippen molar-refractivity contribution in [3.63, 3.8) is 0 Å². The summed E-state index contributed by atoms with van der Waals surface area (Å²) in [6.45, 7) is 12.3. The second kappa shape index (κ2) is 19.6. The minimum Gasteiger partial charge on any atom is -0.491 e. The molecule has 0 spiro atoms. The van der Waals surface area contributed by atoms with E-state index in [4.69, 9.17) is 30.9 Å². The molecule has 7 rings (SSSR count). The molecule has 5 heterocycles. The zero-order valence-electron chi connectivity index (χ0n) is 35.2. The third kappa shape index (κ3) is 9.68. The quantitative estimate of drug-likeness (QED) is 0.0455. The van der Waals surface area contributed by atoms with Crippen molar-refractivity contribution in [1.29, 1.82) is 0 Å². The Hall–Kier alpha value is -5.67. The van der Waals surface area contributed by atoms with Crippen LogP contribution in [0.4, 0.5) is 11.9 Å². The lowest BCUT2D eigenvalue weighted by atomic mass is 10.1. The zero-order valence-corrected chi connectivity index (χ0v) is 37.7. The van der Waals surface area contributed by atoms with Gasteiger partial charge in [0.25, 0.3) is 11.8 Å². The molecule has 326 valence electrons. The summed E-state index contributed by atoms with van der Waals surface area (Å²) < 4.78 is 15.6. The fraction of sp³-hybridized carbons (Fsp3) is 0.381. The normalized spacial score (nSPS) is 13.4. The van der Waals surface area contributed by atoms with Crippen LogP contribution in [0.3, 0.4) is 0 Å². The number of morpholine rings is 1. The summed E-state index contributed by atoms with van der Waals surface area (Å²) in [5.74, 6) is -1.02. The van der Waals surface area contributed by atoms with Gasteiger partial charge in [-0.1, -0.05) is 26.0 Å². The number of fused-ring (bicyclic) bond motifs is 2. The number of amides is 4. The topological polar surface area (TPSA) is 227 Å². The predicted molar refractivity (Wildman–Crippen MR) is 243 cm³/mol. The van der Waals surface area contributed by atoms with Crippen LogP contribution in [0.5, 0.6) is 5.75 Å². The third-order valence-corrected chi connectivity index (χ3v) is 13.0. The Labute approximate surface area is 370 Å². The first kappa shape index (κ1) is 44.4. The van der Waals surface area contributed by atoms with E-state index in [-0.39, 0.29) is 42.4 Å². The molecule has 2 aromatic carbocycles. The predicted octanol–water partition coefficient (Wildman–Crippen LogP) is 5.82. The number of thioether (sulfide) groups is 1. The van der Waals surface area contributed by atoms with Crippen molar-refractivity contribution < 1.29 is 28.7 Å². The fourth-order valence-corrected chi connectivity index (χ4v) is 9.76. The summed E-state index contributed by atoms with van der Waals surface area (Å²) in [6, 6.07) is 6.54. The number of ether oxygens (including phenoxy) is 2. The summed E-state index contributed by atoms with van der Waals surface area (Å²) in [5.41, 5.74) is 15.5. The van der Waals surface area contributed by atoms with Crippen LogP contribution in [0, 0.1) is 13.8 Å². The Bertz CT molecular complexity index is 2690. The van der Waals surface area contributed by atoms with Crippen molar-refractivity contribution >= 4 is 92.0 Å². The minimum atomic E-state index is -0.641. The van der Waals surface area contributed by atoms with E-state index in [1.54, 1.807) is 24.3 Å². The maximum atomic E-state index is 13.9. The van der Waals surface area contributed by atoms with Crippen molar-refractivity contribution in [3.05, 3.63) is 78.7 Å². The van der Waals surface area contributed by atoms with Gasteiger partial charge >= 0.3 is 0 Å². The molecule has 4 aromatic heterocycles. The molecule has 0 unspecified atom stereocenters. The summed E-state index contributed by atoms with van der Waals surface area (Å²) in [6.07, 6.45) is 7.60. The number of allylic oxidation sites excluding steroid dienone is 2. The van der Waals surface area contributed by atoms with Gasteiger partial charge in [0.15, 0.2) is 0 Å². The van der Waals surface area contributed by atoms with Gasteiger partial charge in [0.1, 0.15) is 21.0 Å². The van der Waals surface area contributed by atoms with Crippen molar-refractivity contribution in [1.82, 2.24) is 34.0 Å². The van der Waals surface area contributed by atoms with Crippen LogP contribution < -0.4 is 26.8 Å². The van der Waals surface area contributed by atoms with Crippen LogP contribution >= 0.6 is 34.4 Å². The zero-order chi connectivity index (χ0) is 44.1. The second-order valence-corrected chi connectivity index (χ2v) is 17.7. The Balaban J connectivity index is 1.25. The molecule has 6 aromatic rings. The number of imidazole rings is 2. The number of rotatable bonds is 18. The van der Waals surface area contributed by atoms with Gasteiger partial charge in [0.05, 0.1) is 57.8 Å². The number of primary amides is 2. The standard InChI is InChI=1S/C42H49N11O6S3/c1-6-27-35(61-23(3)45-27)39(56)49-41-47-29-19-25(37(43)54)21-31(59-16-10-11-51-14-17-58-18-15-51)33(29)52(41)12-8-9-13-53-34-30(20-26(38(44)55)22-32(34)60-5)48-42(53)50-40(57)36-28(7-2)46-24(4)62-36/h8-9,19-22H,6-7,10-18H2,1-5H3,(H2,43,54)(H2,44,55)(H,47,49,56)(H,48,50,57)/b9-8+. The monoisotopic (exact) mass is 899 g/mol. The summed E-state index contributed by atoms with van der Waals surface area (Å²) in [7, 11) is 0. The lowest BCUT2D eigenvalue weighted by Gasteiger charge is -2.26. The van der Waals surface area contributed by atoms with Crippen LogP contribution in [0.25, 0.3) is 22.1 Å². The molecular formula is C42H49N11O6S3. The number of nitrogens with zero attached hydrogens (tertiary/aromatic N) is 7. The highest BCUT2D eigenvalue weighted by molar-refractivity contribution is 7.98. The van der Waals surface area contributed by atoms with E-state index in [9.17, 15) is 19.2 Å². The molecule has 1 aliphatic rings. The number of aryl methyl sites for hydroxylation is 4. The number of benzene rings is 2. The molecule has 0 atom stereocenters. The first-order valence-corrected chi connectivity index (χ1v) is 23.1. The molecule has 0 saturated carbocycles. The molecule has 0 aliphatic carbocycles. The molecule has 4 amide bonds. The van der Waals surface area contributed by atoms with Crippen LogP contribution in [0.1, 0.15) is 81.7 Å². The van der Waals surface area contributed by atoms with Crippen LogP contribution in [-0.4, -0.2) is 103 Å². The number of hydrogen-bond acceptors (Lipinski definition) is 14. The number of anilines is 2. The van der Waals surface area contributed by atoms with Crippen molar-refractivity contribution in [2.24, 2.45) is 11.5 Å². The summed E-state index contributed by atoms with van der Waals surface area (Å²) >= 11 is 4.05.